The Hall–Kier alpha value is -1.42. The topological polar surface area (TPSA) is 35.5 Å². The third-order valence-corrected chi connectivity index (χ3v) is 1.64. The van der Waals surface area contributed by atoms with Crippen molar-refractivity contribution in [2.45, 2.75) is 0 Å². The number of hydrogen-bond acceptors (Lipinski definition) is 3. The number of ether oxygens (including phenoxy) is 2. The molecule has 0 heterocycles. The van der Waals surface area contributed by atoms with E-state index in [0.29, 0.717) is 13.2 Å². The fourth-order valence-corrected chi connectivity index (χ4v) is 0.990. The standard InChI is InChI=1S/C10H11FO3/c1-13-6-7-14-9-5-3-2-4-8(9)10(11)12/h2-5H,6-7H2,1H3. The lowest BCUT2D eigenvalue weighted by molar-refractivity contribution is 0.0828. The number of carbonyl (C=O) groups excluding carboxylic acids is 1. The van der Waals surface area contributed by atoms with Crippen LogP contribution in [0.1, 0.15) is 10.4 Å². The van der Waals surface area contributed by atoms with Crippen molar-refractivity contribution >= 4 is 6.04 Å². The molecule has 0 spiro atoms. The van der Waals surface area contributed by atoms with Gasteiger partial charge in [0, 0.05) is 7.11 Å². The highest BCUT2D eigenvalue weighted by Gasteiger charge is 2.10. The minimum Gasteiger partial charge on any atom is -0.490 e. The first-order valence-corrected chi connectivity index (χ1v) is 4.16. The normalized spacial score (nSPS) is 9.86. The number of rotatable bonds is 5. The van der Waals surface area contributed by atoms with Crippen LogP contribution < -0.4 is 4.74 Å². The molecule has 0 aliphatic heterocycles. The molecule has 0 N–H and O–H groups in total. The summed E-state index contributed by atoms with van der Waals surface area (Å²) in [5, 5.41) is 0. The highest BCUT2D eigenvalue weighted by molar-refractivity contribution is 5.91. The quantitative estimate of drug-likeness (QED) is 0.534. The van der Waals surface area contributed by atoms with Crippen LogP contribution in [0.2, 0.25) is 0 Å². The number of halogens is 1. The summed E-state index contributed by atoms with van der Waals surface area (Å²) in [5.41, 5.74) is -0.0522. The molecule has 0 saturated carbocycles. The zero-order chi connectivity index (χ0) is 10.4. The van der Waals surface area contributed by atoms with Crippen LogP contribution in [-0.4, -0.2) is 26.4 Å². The Balaban J connectivity index is 2.69. The molecule has 14 heavy (non-hydrogen) atoms. The molecule has 0 aliphatic carbocycles. The fourth-order valence-electron chi connectivity index (χ4n) is 0.990. The van der Waals surface area contributed by atoms with Gasteiger partial charge in [-0.05, 0) is 12.1 Å². The number of hydrogen-bond donors (Lipinski definition) is 0. The van der Waals surface area contributed by atoms with Crippen molar-refractivity contribution in [2.24, 2.45) is 0 Å². The molecule has 3 nitrogen and oxygen atoms in total. The Kier molecular flexibility index (Phi) is 4.07. The summed E-state index contributed by atoms with van der Waals surface area (Å²) in [7, 11) is 1.54. The van der Waals surface area contributed by atoms with Gasteiger partial charge in [-0.15, -0.1) is 0 Å². The van der Waals surface area contributed by atoms with Crippen LogP contribution in [0.3, 0.4) is 0 Å². The summed E-state index contributed by atoms with van der Waals surface area (Å²) < 4.78 is 22.4. The van der Waals surface area contributed by atoms with Gasteiger partial charge in [0.05, 0.1) is 12.2 Å². The van der Waals surface area contributed by atoms with Gasteiger partial charge in [-0.1, -0.05) is 12.1 Å². The second-order valence-electron chi connectivity index (χ2n) is 2.61. The van der Waals surface area contributed by atoms with E-state index in [1.54, 1.807) is 18.2 Å². The molecule has 0 saturated heterocycles. The largest absolute Gasteiger partial charge is 0.490 e. The molecular weight excluding hydrogens is 187 g/mol. The fraction of sp³-hybridized carbons (Fsp3) is 0.300. The highest BCUT2D eigenvalue weighted by atomic mass is 19.1. The van der Waals surface area contributed by atoms with E-state index >= 15 is 0 Å². The van der Waals surface area contributed by atoms with Crippen LogP contribution in [0.25, 0.3) is 0 Å². The number of methoxy groups -OCH3 is 1. The summed E-state index contributed by atoms with van der Waals surface area (Å²) in [6.07, 6.45) is 0. The molecule has 1 aromatic rings. The molecule has 0 amide bonds. The monoisotopic (exact) mass is 198 g/mol. The van der Waals surface area contributed by atoms with Crippen LogP contribution >= 0.6 is 0 Å². The second kappa shape index (κ2) is 5.34. The van der Waals surface area contributed by atoms with Crippen molar-refractivity contribution < 1.29 is 18.7 Å². The van der Waals surface area contributed by atoms with E-state index in [0.717, 1.165) is 0 Å². The summed E-state index contributed by atoms with van der Waals surface area (Å²) in [6, 6.07) is 4.69. The van der Waals surface area contributed by atoms with Crippen molar-refractivity contribution in [3.63, 3.8) is 0 Å². The summed E-state index contributed by atoms with van der Waals surface area (Å²) >= 11 is 0. The first-order chi connectivity index (χ1) is 6.75. The molecule has 0 unspecified atom stereocenters. The maximum absolute atomic E-state index is 12.5. The molecule has 0 fully saturated rings. The Labute approximate surface area is 81.4 Å². The van der Waals surface area contributed by atoms with Gasteiger partial charge in [-0.3, -0.25) is 4.79 Å². The van der Waals surface area contributed by atoms with E-state index in [4.69, 9.17) is 9.47 Å². The summed E-state index contributed by atoms with van der Waals surface area (Å²) in [5.74, 6) is 0.247. The molecule has 0 aliphatic rings. The number of para-hydroxylation sites is 1. The van der Waals surface area contributed by atoms with Gasteiger partial charge in [-0.25, -0.2) is 0 Å². The minimum absolute atomic E-state index is 0.0522. The van der Waals surface area contributed by atoms with E-state index in [1.807, 2.05) is 0 Å². The predicted octanol–water partition coefficient (Wildman–Crippen LogP) is 1.82. The molecule has 1 aromatic carbocycles. The number of carbonyl (C=O) groups is 1. The summed E-state index contributed by atoms with van der Waals surface area (Å²) in [4.78, 5) is 10.5. The van der Waals surface area contributed by atoms with Crippen LogP contribution in [0.5, 0.6) is 5.75 Å². The van der Waals surface area contributed by atoms with Crippen molar-refractivity contribution in [2.75, 3.05) is 20.3 Å². The van der Waals surface area contributed by atoms with Gasteiger partial charge in [0.2, 0.25) is 0 Å². The van der Waals surface area contributed by atoms with Gasteiger partial charge < -0.3 is 9.47 Å². The molecule has 0 aromatic heterocycles. The Bertz CT molecular complexity index is 312. The highest BCUT2D eigenvalue weighted by Crippen LogP contribution is 2.18. The average Bonchev–Trinajstić information content (AvgIpc) is 2.19. The SMILES string of the molecule is COCCOc1ccccc1C(=O)F. The van der Waals surface area contributed by atoms with Crippen LogP contribution in [-0.2, 0) is 4.74 Å². The van der Waals surface area contributed by atoms with E-state index < -0.39 is 6.04 Å². The minimum atomic E-state index is -1.49. The lowest BCUT2D eigenvalue weighted by atomic mass is 10.2. The first kappa shape index (κ1) is 10.7. The maximum atomic E-state index is 12.5. The zero-order valence-corrected chi connectivity index (χ0v) is 7.83. The van der Waals surface area contributed by atoms with Gasteiger partial charge in [0.1, 0.15) is 12.4 Å². The molecule has 1 rings (SSSR count). The van der Waals surface area contributed by atoms with Crippen molar-refractivity contribution in [1.82, 2.24) is 0 Å². The van der Waals surface area contributed by atoms with E-state index in [1.165, 1.54) is 13.2 Å². The van der Waals surface area contributed by atoms with Crippen LogP contribution in [0, 0.1) is 0 Å². The van der Waals surface area contributed by atoms with Crippen molar-refractivity contribution in [3.8, 4) is 5.75 Å². The van der Waals surface area contributed by atoms with Gasteiger partial charge >= 0.3 is 6.04 Å². The van der Waals surface area contributed by atoms with E-state index in [2.05, 4.69) is 0 Å². The maximum Gasteiger partial charge on any atom is 0.335 e. The second-order valence-corrected chi connectivity index (χ2v) is 2.61. The molecule has 4 heteroatoms. The Morgan fingerprint density at radius 2 is 2.07 bits per heavy atom. The summed E-state index contributed by atoms with van der Waals surface area (Å²) in [6.45, 7) is 0.690. The van der Waals surface area contributed by atoms with E-state index in [9.17, 15) is 9.18 Å². The smallest absolute Gasteiger partial charge is 0.335 e. The van der Waals surface area contributed by atoms with Crippen molar-refractivity contribution in [1.29, 1.82) is 0 Å². The average molecular weight is 198 g/mol. The molecular formula is C10H11FO3. The molecule has 0 bridgehead atoms. The third kappa shape index (κ3) is 2.81. The van der Waals surface area contributed by atoms with Gasteiger partial charge in [-0.2, -0.15) is 4.39 Å². The first-order valence-electron chi connectivity index (χ1n) is 4.16. The Morgan fingerprint density at radius 3 is 2.71 bits per heavy atom. The lowest BCUT2D eigenvalue weighted by Crippen LogP contribution is -2.06. The zero-order valence-electron chi connectivity index (χ0n) is 7.83. The van der Waals surface area contributed by atoms with E-state index in [-0.39, 0.29) is 11.3 Å². The van der Waals surface area contributed by atoms with Crippen LogP contribution in [0.15, 0.2) is 24.3 Å². The molecule has 76 valence electrons. The predicted molar refractivity (Wildman–Crippen MR) is 49.3 cm³/mol. The molecule has 0 atom stereocenters. The van der Waals surface area contributed by atoms with Gasteiger partial charge in [0.25, 0.3) is 0 Å². The van der Waals surface area contributed by atoms with Crippen molar-refractivity contribution in [3.05, 3.63) is 29.8 Å². The van der Waals surface area contributed by atoms with Crippen LogP contribution in [0.4, 0.5) is 4.39 Å². The van der Waals surface area contributed by atoms with Gasteiger partial charge in [0.15, 0.2) is 0 Å². The Morgan fingerprint density at radius 1 is 1.36 bits per heavy atom. The lowest BCUT2D eigenvalue weighted by Gasteiger charge is -2.07. The molecule has 0 radical (unpaired) electrons. The number of benzene rings is 1. The third-order valence-electron chi connectivity index (χ3n) is 1.64.